The lowest BCUT2D eigenvalue weighted by molar-refractivity contribution is 0.102. The van der Waals surface area contributed by atoms with Crippen LogP contribution in [-0.2, 0) is 6.61 Å². The fourth-order valence-corrected chi connectivity index (χ4v) is 3.40. The molecule has 0 saturated heterocycles. The van der Waals surface area contributed by atoms with E-state index >= 15 is 0 Å². The number of aromatic amines is 1. The van der Waals surface area contributed by atoms with Crippen molar-refractivity contribution in [3.8, 4) is 5.75 Å². The summed E-state index contributed by atoms with van der Waals surface area (Å²) in [5.74, 6) is 1.83. The number of halogens is 1. The number of hydrogen-bond donors (Lipinski definition) is 1. The zero-order valence-corrected chi connectivity index (χ0v) is 16.9. The maximum absolute atomic E-state index is 12.2. The van der Waals surface area contributed by atoms with Gasteiger partial charge in [0.25, 0.3) is 0 Å². The van der Waals surface area contributed by atoms with Gasteiger partial charge in [0, 0.05) is 10.0 Å². The molecule has 0 fully saturated rings. The van der Waals surface area contributed by atoms with Crippen LogP contribution in [0.25, 0.3) is 0 Å². The van der Waals surface area contributed by atoms with Crippen LogP contribution in [0.3, 0.4) is 0 Å². The summed E-state index contributed by atoms with van der Waals surface area (Å²) < 4.78 is 6.81. The van der Waals surface area contributed by atoms with Gasteiger partial charge in [0.1, 0.15) is 12.4 Å². The quantitative estimate of drug-likeness (QED) is 0.432. The Hall–Kier alpha value is -2.12. The summed E-state index contributed by atoms with van der Waals surface area (Å²) in [6, 6.07) is 13.3. The lowest BCUT2D eigenvalue weighted by atomic mass is 10.1. The molecule has 0 amide bonds. The minimum absolute atomic E-state index is 0.0423. The average Bonchev–Trinajstić information content (AvgIpc) is 3.08. The van der Waals surface area contributed by atoms with Crippen molar-refractivity contribution in [1.29, 1.82) is 0 Å². The number of Topliss-reactive ketones (excluding diaryl/α,β-unsaturated/α-hetero) is 1. The molecule has 1 heterocycles. The van der Waals surface area contributed by atoms with Crippen LogP contribution in [0.15, 0.2) is 52.1 Å². The first kappa shape index (κ1) is 18.7. The smallest absolute Gasteiger partial charge is 0.208 e. The molecule has 7 heteroatoms. The van der Waals surface area contributed by atoms with E-state index in [0.29, 0.717) is 23.2 Å². The summed E-state index contributed by atoms with van der Waals surface area (Å²) in [4.78, 5) is 16.6. The molecular formula is C19H18BrN3O2S. The number of ketones is 1. The largest absolute Gasteiger partial charge is 0.485 e. The number of rotatable bonds is 7. The SMILES string of the molecule is Cc1cccc(C)c1OCc1nc(SCC(=O)c2ccc(Br)cc2)n[nH]1. The molecule has 0 saturated carbocycles. The van der Waals surface area contributed by atoms with E-state index in [2.05, 4.69) is 31.1 Å². The number of benzene rings is 2. The van der Waals surface area contributed by atoms with Crippen molar-refractivity contribution in [1.82, 2.24) is 15.2 Å². The maximum atomic E-state index is 12.2. The number of carbonyl (C=O) groups is 1. The molecule has 0 atom stereocenters. The van der Waals surface area contributed by atoms with Gasteiger partial charge in [-0.2, -0.15) is 0 Å². The molecule has 26 heavy (non-hydrogen) atoms. The number of ether oxygens (including phenoxy) is 1. The Morgan fingerprint density at radius 3 is 2.54 bits per heavy atom. The van der Waals surface area contributed by atoms with E-state index in [-0.39, 0.29) is 11.5 Å². The number of carbonyl (C=O) groups excluding carboxylic acids is 1. The number of thioether (sulfide) groups is 1. The van der Waals surface area contributed by atoms with Gasteiger partial charge in [0.15, 0.2) is 11.6 Å². The first-order chi connectivity index (χ1) is 12.5. The van der Waals surface area contributed by atoms with Crippen molar-refractivity contribution in [2.24, 2.45) is 0 Å². The van der Waals surface area contributed by atoms with E-state index < -0.39 is 0 Å². The average molecular weight is 432 g/mol. The maximum Gasteiger partial charge on any atom is 0.208 e. The number of aromatic nitrogens is 3. The van der Waals surface area contributed by atoms with Crippen LogP contribution >= 0.6 is 27.7 Å². The van der Waals surface area contributed by atoms with Gasteiger partial charge in [-0.3, -0.25) is 9.89 Å². The summed E-state index contributed by atoms with van der Waals surface area (Å²) in [5.41, 5.74) is 2.84. The molecule has 2 aromatic carbocycles. The standard InChI is InChI=1S/C19H18BrN3O2S/c1-12-4-3-5-13(2)18(12)25-10-17-21-19(23-22-17)26-11-16(24)14-6-8-15(20)9-7-14/h3-9H,10-11H2,1-2H3,(H,21,22,23). The van der Waals surface area contributed by atoms with Crippen LogP contribution in [0.1, 0.15) is 27.3 Å². The van der Waals surface area contributed by atoms with Crippen LogP contribution in [0.5, 0.6) is 5.75 Å². The Morgan fingerprint density at radius 2 is 1.85 bits per heavy atom. The zero-order chi connectivity index (χ0) is 18.5. The van der Waals surface area contributed by atoms with Gasteiger partial charge in [-0.25, -0.2) is 4.98 Å². The highest BCUT2D eigenvalue weighted by Gasteiger charge is 2.11. The number of nitrogens with zero attached hydrogens (tertiary/aromatic N) is 2. The third kappa shape index (κ3) is 4.74. The highest BCUT2D eigenvalue weighted by atomic mass is 79.9. The van der Waals surface area contributed by atoms with Gasteiger partial charge >= 0.3 is 0 Å². The second-order valence-electron chi connectivity index (χ2n) is 5.79. The molecule has 0 unspecified atom stereocenters. The van der Waals surface area contributed by atoms with Gasteiger partial charge in [-0.1, -0.05) is 58.0 Å². The second-order valence-corrected chi connectivity index (χ2v) is 7.65. The minimum atomic E-state index is 0.0423. The topological polar surface area (TPSA) is 67.9 Å². The molecular weight excluding hydrogens is 414 g/mol. The number of nitrogens with one attached hydrogen (secondary N) is 1. The predicted octanol–water partition coefficient (Wildman–Crippen LogP) is 4.74. The highest BCUT2D eigenvalue weighted by Crippen LogP contribution is 2.23. The molecule has 0 bridgehead atoms. The van der Waals surface area contributed by atoms with Crippen molar-refractivity contribution < 1.29 is 9.53 Å². The Balaban J connectivity index is 1.55. The van der Waals surface area contributed by atoms with Crippen molar-refractivity contribution >= 4 is 33.5 Å². The normalized spacial score (nSPS) is 10.7. The van der Waals surface area contributed by atoms with Crippen molar-refractivity contribution in [2.45, 2.75) is 25.6 Å². The monoisotopic (exact) mass is 431 g/mol. The molecule has 0 spiro atoms. The molecule has 1 N–H and O–H groups in total. The molecule has 0 aliphatic rings. The fraction of sp³-hybridized carbons (Fsp3) is 0.211. The van der Waals surface area contributed by atoms with Crippen molar-refractivity contribution in [3.63, 3.8) is 0 Å². The molecule has 3 rings (SSSR count). The van der Waals surface area contributed by atoms with E-state index in [0.717, 1.165) is 21.3 Å². The van der Waals surface area contributed by atoms with Crippen molar-refractivity contribution in [3.05, 3.63) is 69.5 Å². The summed E-state index contributed by atoms with van der Waals surface area (Å²) in [6.07, 6.45) is 0. The Morgan fingerprint density at radius 1 is 1.15 bits per heavy atom. The predicted molar refractivity (Wildman–Crippen MR) is 106 cm³/mol. The second kappa shape index (κ2) is 8.51. The molecule has 1 aromatic heterocycles. The molecule has 3 aromatic rings. The van der Waals surface area contributed by atoms with E-state index in [1.807, 2.05) is 44.2 Å². The molecule has 5 nitrogen and oxygen atoms in total. The van der Waals surface area contributed by atoms with E-state index in [4.69, 9.17) is 4.74 Å². The van der Waals surface area contributed by atoms with E-state index in [1.54, 1.807) is 12.1 Å². The van der Waals surface area contributed by atoms with Crippen LogP contribution in [0.4, 0.5) is 0 Å². The van der Waals surface area contributed by atoms with Crippen LogP contribution in [0.2, 0.25) is 0 Å². The summed E-state index contributed by atoms with van der Waals surface area (Å²) >= 11 is 4.67. The number of para-hydroxylation sites is 1. The Bertz CT molecular complexity index is 889. The third-order valence-electron chi connectivity index (χ3n) is 3.77. The van der Waals surface area contributed by atoms with Gasteiger partial charge in [0.2, 0.25) is 5.16 Å². The molecule has 134 valence electrons. The van der Waals surface area contributed by atoms with Gasteiger partial charge in [-0.15, -0.1) is 5.10 Å². The molecule has 0 radical (unpaired) electrons. The van der Waals surface area contributed by atoms with Crippen LogP contribution in [-0.4, -0.2) is 26.7 Å². The third-order valence-corrected chi connectivity index (χ3v) is 5.15. The molecule has 0 aliphatic carbocycles. The number of H-pyrrole nitrogens is 1. The fourth-order valence-electron chi connectivity index (χ4n) is 2.42. The van der Waals surface area contributed by atoms with Crippen LogP contribution in [0, 0.1) is 13.8 Å². The molecule has 0 aliphatic heterocycles. The van der Waals surface area contributed by atoms with Gasteiger partial charge < -0.3 is 4.74 Å². The van der Waals surface area contributed by atoms with E-state index in [1.165, 1.54) is 11.8 Å². The number of aryl methyl sites for hydroxylation is 2. The first-order valence-corrected chi connectivity index (χ1v) is 9.82. The van der Waals surface area contributed by atoms with Crippen LogP contribution < -0.4 is 4.74 Å². The van der Waals surface area contributed by atoms with E-state index in [9.17, 15) is 4.79 Å². The number of hydrogen-bond acceptors (Lipinski definition) is 5. The highest BCUT2D eigenvalue weighted by molar-refractivity contribution is 9.10. The summed E-state index contributed by atoms with van der Waals surface area (Å²) in [5, 5.41) is 7.54. The summed E-state index contributed by atoms with van der Waals surface area (Å²) in [7, 11) is 0. The van der Waals surface area contributed by atoms with Crippen molar-refractivity contribution in [2.75, 3.05) is 5.75 Å². The lowest BCUT2D eigenvalue weighted by Crippen LogP contribution is -2.02. The van der Waals surface area contributed by atoms with Gasteiger partial charge in [-0.05, 0) is 37.1 Å². The summed E-state index contributed by atoms with van der Waals surface area (Å²) in [6.45, 7) is 4.33. The van der Waals surface area contributed by atoms with Gasteiger partial charge in [0.05, 0.1) is 5.75 Å². The zero-order valence-electron chi connectivity index (χ0n) is 14.5. The lowest BCUT2D eigenvalue weighted by Gasteiger charge is -2.10. The Labute approximate surface area is 164 Å². The first-order valence-electron chi connectivity index (χ1n) is 8.05. The minimum Gasteiger partial charge on any atom is -0.485 e. The Kier molecular flexibility index (Phi) is 6.11.